The maximum atomic E-state index is 11.9. The Morgan fingerprint density at radius 1 is 1.45 bits per heavy atom. The molecule has 0 spiro atoms. The fourth-order valence-corrected chi connectivity index (χ4v) is 4.64. The average Bonchev–Trinajstić information content (AvgIpc) is 2.97. The highest BCUT2D eigenvalue weighted by atomic mass is 35.7. The first-order valence-electron chi connectivity index (χ1n) is 6.70. The van der Waals surface area contributed by atoms with Crippen molar-refractivity contribution in [3.05, 3.63) is 17.0 Å². The van der Waals surface area contributed by atoms with Crippen molar-refractivity contribution < 1.29 is 13.2 Å². The molecule has 20 heavy (non-hydrogen) atoms. The number of halogens is 1. The van der Waals surface area contributed by atoms with Gasteiger partial charge in [0.15, 0.2) is 0 Å². The molecule has 1 aliphatic carbocycles. The molecule has 7 heteroatoms. The summed E-state index contributed by atoms with van der Waals surface area (Å²) < 4.78 is 22.5. The van der Waals surface area contributed by atoms with Gasteiger partial charge in [-0.25, -0.2) is 8.42 Å². The van der Waals surface area contributed by atoms with Crippen molar-refractivity contribution in [2.24, 2.45) is 5.92 Å². The molecule has 0 radical (unpaired) electrons. The van der Waals surface area contributed by atoms with Gasteiger partial charge in [-0.05, 0) is 37.8 Å². The lowest BCUT2D eigenvalue weighted by Gasteiger charge is -2.14. The quantitative estimate of drug-likeness (QED) is 0.838. The van der Waals surface area contributed by atoms with Crippen molar-refractivity contribution in [3.8, 4) is 0 Å². The molecule has 2 rings (SSSR count). The minimum atomic E-state index is -3.68. The van der Waals surface area contributed by atoms with Crippen molar-refractivity contribution in [1.29, 1.82) is 0 Å². The van der Waals surface area contributed by atoms with E-state index in [0.29, 0.717) is 12.3 Å². The van der Waals surface area contributed by atoms with E-state index in [-0.39, 0.29) is 16.2 Å². The molecule has 1 amide bonds. The van der Waals surface area contributed by atoms with Crippen molar-refractivity contribution in [1.82, 2.24) is 5.32 Å². The third kappa shape index (κ3) is 4.20. The Morgan fingerprint density at radius 3 is 2.65 bits per heavy atom. The molecule has 1 aromatic heterocycles. The molecule has 1 aliphatic rings. The van der Waals surface area contributed by atoms with E-state index in [1.807, 2.05) is 6.92 Å². The van der Waals surface area contributed by atoms with Gasteiger partial charge >= 0.3 is 0 Å². The zero-order valence-electron chi connectivity index (χ0n) is 11.3. The Balaban J connectivity index is 1.92. The van der Waals surface area contributed by atoms with Gasteiger partial charge in [-0.1, -0.05) is 12.8 Å². The summed E-state index contributed by atoms with van der Waals surface area (Å²) in [6.45, 7) is 1.85. The topological polar surface area (TPSA) is 63.2 Å². The van der Waals surface area contributed by atoms with Crippen molar-refractivity contribution in [3.63, 3.8) is 0 Å². The van der Waals surface area contributed by atoms with E-state index in [1.165, 1.54) is 18.9 Å². The van der Waals surface area contributed by atoms with Crippen LogP contribution in [0, 0.1) is 5.92 Å². The number of thiophene rings is 1. The smallest absolute Gasteiger partial charge is 0.270 e. The highest BCUT2D eigenvalue weighted by Gasteiger charge is 2.21. The van der Waals surface area contributed by atoms with Crippen LogP contribution in [0.3, 0.4) is 0 Å². The summed E-state index contributed by atoms with van der Waals surface area (Å²) in [7, 11) is 1.61. The van der Waals surface area contributed by atoms with E-state index >= 15 is 0 Å². The summed E-state index contributed by atoms with van der Waals surface area (Å²) in [5, 5.41) is 2.92. The predicted octanol–water partition coefficient (Wildman–Crippen LogP) is 3.43. The van der Waals surface area contributed by atoms with Crippen molar-refractivity contribution in [2.75, 3.05) is 0 Å². The van der Waals surface area contributed by atoms with E-state index in [9.17, 15) is 13.2 Å². The Kier molecular flexibility index (Phi) is 5.09. The van der Waals surface area contributed by atoms with Crippen LogP contribution in [-0.4, -0.2) is 14.3 Å². The molecule has 1 saturated carbocycles. The minimum absolute atomic E-state index is 0.0353. The lowest BCUT2D eigenvalue weighted by molar-refractivity contribution is -0.122. The Morgan fingerprint density at radius 2 is 2.10 bits per heavy atom. The van der Waals surface area contributed by atoms with Gasteiger partial charge in [0.25, 0.3) is 9.05 Å². The number of amides is 1. The van der Waals surface area contributed by atoms with Crippen molar-refractivity contribution in [2.45, 2.75) is 49.3 Å². The van der Waals surface area contributed by atoms with E-state index in [1.54, 1.807) is 6.07 Å². The molecular formula is C13H18ClNO3S2. The monoisotopic (exact) mass is 335 g/mol. The van der Waals surface area contributed by atoms with Gasteiger partial charge in [-0.2, -0.15) is 0 Å². The highest BCUT2D eigenvalue weighted by Crippen LogP contribution is 2.30. The number of hydrogen-bond acceptors (Lipinski definition) is 4. The molecule has 1 N–H and O–H groups in total. The van der Waals surface area contributed by atoms with Crippen LogP contribution in [0.5, 0.6) is 0 Å². The van der Waals surface area contributed by atoms with E-state index in [2.05, 4.69) is 5.32 Å². The molecule has 0 aliphatic heterocycles. The summed E-state index contributed by atoms with van der Waals surface area (Å²) in [5.41, 5.74) is 0. The first-order valence-corrected chi connectivity index (χ1v) is 9.82. The maximum Gasteiger partial charge on any atom is 0.270 e. The fourth-order valence-electron chi connectivity index (χ4n) is 2.55. The Hall–Kier alpha value is -0.590. The summed E-state index contributed by atoms with van der Waals surface area (Å²) >= 11 is 1.10. The predicted molar refractivity (Wildman–Crippen MR) is 80.5 cm³/mol. The van der Waals surface area contributed by atoms with Crippen LogP contribution in [0.1, 0.15) is 49.9 Å². The van der Waals surface area contributed by atoms with Gasteiger partial charge in [-0.15, -0.1) is 11.3 Å². The van der Waals surface area contributed by atoms with Gasteiger partial charge in [0.2, 0.25) is 5.91 Å². The third-order valence-electron chi connectivity index (χ3n) is 3.60. The first kappa shape index (κ1) is 15.8. The zero-order valence-corrected chi connectivity index (χ0v) is 13.7. The second kappa shape index (κ2) is 6.45. The number of rotatable bonds is 5. The standard InChI is InChI=1S/C13H18ClNO3S2/c1-9(11-6-7-13(19-11)20(14,17)18)15-12(16)8-10-4-2-3-5-10/h6-7,9-10H,2-5,8H2,1H3,(H,15,16). The molecule has 1 atom stereocenters. The van der Waals surface area contributed by atoms with Crippen LogP contribution in [0.4, 0.5) is 0 Å². The SMILES string of the molecule is CC(NC(=O)CC1CCCC1)c1ccc(S(=O)(=O)Cl)s1. The maximum absolute atomic E-state index is 11.9. The second-order valence-corrected chi connectivity index (χ2v) is 9.15. The lowest BCUT2D eigenvalue weighted by atomic mass is 10.0. The third-order valence-corrected chi connectivity index (χ3v) is 6.96. The molecule has 4 nitrogen and oxygen atoms in total. The zero-order chi connectivity index (χ0) is 14.8. The summed E-state index contributed by atoms with van der Waals surface area (Å²) in [5.74, 6) is 0.539. The summed E-state index contributed by atoms with van der Waals surface area (Å²) in [6.07, 6.45) is 5.27. The van der Waals surface area contributed by atoms with Crippen LogP contribution in [0.2, 0.25) is 0 Å². The molecule has 1 heterocycles. The van der Waals surface area contributed by atoms with Gasteiger partial charge in [0, 0.05) is 22.0 Å². The molecule has 0 aromatic carbocycles. The first-order chi connectivity index (χ1) is 9.36. The summed E-state index contributed by atoms with van der Waals surface area (Å²) in [4.78, 5) is 12.7. The highest BCUT2D eigenvalue weighted by molar-refractivity contribution is 8.15. The molecule has 112 valence electrons. The van der Waals surface area contributed by atoms with E-state index in [4.69, 9.17) is 10.7 Å². The molecular weight excluding hydrogens is 318 g/mol. The van der Waals surface area contributed by atoms with Crippen LogP contribution in [0.15, 0.2) is 16.3 Å². The Bertz CT molecular complexity index is 576. The normalized spacial score (nSPS) is 18.1. The molecule has 1 fully saturated rings. The lowest BCUT2D eigenvalue weighted by Crippen LogP contribution is -2.27. The summed E-state index contributed by atoms with van der Waals surface area (Å²) in [6, 6.07) is 2.98. The van der Waals surface area contributed by atoms with Crippen molar-refractivity contribution >= 4 is 37.0 Å². The molecule has 0 saturated heterocycles. The fraction of sp³-hybridized carbons (Fsp3) is 0.615. The largest absolute Gasteiger partial charge is 0.349 e. The van der Waals surface area contributed by atoms with E-state index in [0.717, 1.165) is 29.1 Å². The van der Waals surface area contributed by atoms with Crippen LogP contribution < -0.4 is 5.32 Å². The number of carbonyl (C=O) groups excluding carboxylic acids is 1. The van der Waals surface area contributed by atoms with Crippen LogP contribution >= 0.6 is 22.0 Å². The molecule has 1 aromatic rings. The number of carbonyl (C=O) groups is 1. The van der Waals surface area contributed by atoms with Gasteiger partial charge in [-0.3, -0.25) is 4.79 Å². The Labute approximate surface area is 127 Å². The van der Waals surface area contributed by atoms with E-state index < -0.39 is 9.05 Å². The van der Waals surface area contributed by atoms with Crippen LogP contribution in [0.25, 0.3) is 0 Å². The molecule has 0 bridgehead atoms. The minimum Gasteiger partial charge on any atom is -0.349 e. The second-order valence-electron chi connectivity index (χ2n) is 5.24. The molecule has 1 unspecified atom stereocenters. The van der Waals surface area contributed by atoms with Gasteiger partial charge < -0.3 is 5.32 Å². The van der Waals surface area contributed by atoms with Gasteiger partial charge in [0.05, 0.1) is 6.04 Å². The number of hydrogen-bond donors (Lipinski definition) is 1. The average molecular weight is 336 g/mol. The van der Waals surface area contributed by atoms with Crippen LogP contribution in [-0.2, 0) is 13.8 Å². The number of nitrogens with one attached hydrogen (secondary N) is 1. The van der Waals surface area contributed by atoms with Gasteiger partial charge in [0.1, 0.15) is 4.21 Å².